The minimum Gasteiger partial charge on any atom is -0.440 e. The van der Waals surface area contributed by atoms with Crippen LogP contribution in [0.5, 0.6) is 0 Å². The Kier molecular flexibility index (Phi) is 8.10. The van der Waals surface area contributed by atoms with Gasteiger partial charge in [-0.2, -0.15) is 13.2 Å². The van der Waals surface area contributed by atoms with Crippen molar-refractivity contribution in [3.05, 3.63) is 0 Å². The van der Waals surface area contributed by atoms with Gasteiger partial charge in [0.15, 0.2) is 6.61 Å². The third kappa shape index (κ3) is 8.41. The first kappa shape index (κ1) is 17.3. The molecule has 0 unspecified atom stereocenters. The van der Waals surface area contributed by atoms with E-state index in [0.29, 0.717) is 13.1 Å². The van der Waals surface area contributed by atoms with Crippen LogP contribution in [0.25, 0.3) is 0 Å². The molecule has 1 fully saturated rings. The van der Waals surface area contributed by atoms with Crippen LogP contribution in [0.1, 0.15) is 19.3 Å². The number of alkyl carbamates (subject to hydrolysis) is 1. The summed E-state index contributed by atoms with van der Waals surface area (Å²) in [4.78, 5) is 13.1. The van der Waals surface area contributed by atoms with Gasteiger partial charge in [-0.3, -0.25) is 0 Å². The summed E-state index contributed by atoms with van der Waals surface area (Å²) in [6.45, 7) is 1.40. The van der Waals surface area contributed by atoms with Gasteiger partial charge >= 0.3 is 12.3 Å². The van der Waals surface area contributed by atoms with Gasteiger partial charge in [-0.1, -0.05) is 6.42 Å². The zero-order valence-electron chi connectivity index (χ0n) is 9.96. The highest BCUT2D eigenvalue weighted by atomic mass is 35.5. The Balaban J connectivity index is 0.00000289. The number of halogens is 4. The lowest BCUT2D eigenvalue weighted by Crippen LogP contribution is -2.38. The Bertz CT molecular complexity index is 246. The Morgan fingerprint density at radius 2 is 1.83 bits per heavy atom. The average molecular weight is 291 g/mol. The number of carbonyl (C=O) groups excluding carboxylic acids is 1. The summed E-state index contributed by atoms with van der Waals surface area (Å²) in [6, 6.07) is 0. The molecule has 0 spiro atoms. The highest BCUT2D eigenvalue weighted by molar-refractivity contribution is 5.85. The molecule has 1 amide bonds. The monoisotopic (exact) mass is 290 g/mol. The van der Waals surface area contributed by atoms with Gasteiger partial charge in [-0.15, -0.1) is 12.4 Å². The summed E-state index contributed by atoms with van der Waals surface area (Å²) in [5.41, 5.74) is 0. The Morgan fingerprint density at radius 1 is 1.22 bits per heavy atom. The molecule has 1 heterocycles. The van der Waals surface area contributed by atoms with E-state index < -0.39 is 18.9 Å². The Labute approximate surface area is 110 Å². The van der Waals surface area contributed by atoms with Gasteiger partial charge in [0.25, 0.3) is 0 Å². The van der Waals surface area contributed by atoms with Crippen molar-refractivity contribution in [1.29, 1.82) is 0 Å². The first-order chi connectivity index (χ1) is 7.97. The number of ether oxygens (including phenoxy) is 1. The molecular weight excluding hydrogens is 273 g/mol. The van der Waals surface area contributed by atoms with E-state index in [1.165, 1.54) is 6.42 Å². The van der Waals surface area contributed by atoms with E-state index in [-0.39, 0.29) is 12.4 Å². The SMILES string of the molecule is Cl.O=C(NCCN1CCCCC1)OCC(F)(F)F. The minimum absolute atomic E-state index is 0. The van der Waals surface area contributed by atoms with Crippen LogP contribution in [0.3, 0.4) is 0 Å². The molecule has 0 saturated carbocycles. The number of hydrogen-bond donors (Lipinski definition) is 1. The molecule has 0 aromatic rings. The van der Waals surface area contributed by atoms with Crippen LogP contribution in [0.4, 0.5) is 18.0 Å². The molecule has 8 heteroatoms. The summed E-state index contributed by atoms with van der Waals surface area (Å²) in [6.07, 6.45) is -1.99. The molecule has 108 valence electrons. The second-order valence-electron chi connectivity index (χ2n) is 4.02. The van der Waals surface area contributed by atoms with Crippen molar-refractivity contribution in [1.82, 2.24) is 10.2 Å². The van der Waals surface area contributed by atoms with Gasteiger partial charge in [-0.05, 0) is 25.9 Å². The zero-order chi connectivity index (χ0) is 12.7. The molecule has 1 N–H and O–H groups in total. The molecule has 0 radical (unpaired) electrons. The second-order valence-corrected chi connectivity index (χ2v) is 4.02. The third-order valence-electron chi connectivity index (χ3n) is 2.51. The van der Waals surface area contributed by atoms with Gasteiger partial charge in [0.05, 0.1) is 0 Å². The number of rotatable bonds is 4. The number of carbonyl (C=O) groups is 1. The lowest BCUT2D eigenvalue weighted by molar-refractivity contribution is -0.160. The van der Waals surface area contributed by atoms with E-state index in [9.17, 15) is 18.0 Å². The number of hydrogen-bond acceptors (Lipinski definition) is 3. The van der Waals surface area contributed by atoms with E-state index in [1.807, 2.05) is 0 Å². The van der Waals surface area contributed by atoms with Crippen LogP contribution in [-0.4, -0.2) is 50.0 Å². The van der Waals surface area contributed by atoms with Gasteiger partial charge in [0, 0.05) is 13.1 Å². The maximum atomic E-state index is 11.7. The fourth-order valence-corrected chi connectivity index (χ4v) is 1.70. The van der Waals surface area contributed by atoms with Crippen molar-refractivity contribution >= 4 is 18.5 Å². The van der Waals surface area contributed by atoms with Crippen molar-refractivity contribution in [2.24, 2.45) is 0 Å². The maximum absolute atomic E-state index is 11.7. The molecule has 1 saturated heterocycles. The van der Waals surface area contributed by atoms with Crippen LogP contribution >= 0.6 is 12.4 Å². The van der Waals surface area contributed by atoms with E-state index in [1.54, 1.807) is 0 Å². The summed E-state index contributed by atoms with van der Waals surface area (Å²) < 4.78 is 39.1. The van der Waals surface area contributed by atoms with Gasteiger partial charge < -0.3 is 15.0 Å². The molecule has 0 aromatic carbocycles. The van der Waals surface area contributed by atoms with Crippen molar-refractivity contribution in [2.75, 3.05) is 32.8 Å². The fraction of sp³-hybridized carbons (Fsp3) is 0.900. The van der Waals surface area contributed by atoms with Crippen molar-refractivity contribution in [2.45, 2.75) is 25.4 Å². The molecule has 1 aliphatic heterocycles. The second kappa shape index (κ2) is 8.42. The quantitative estimate of drug-likeness (QED) is 0.863. The number of likely N-dealkylation sites (tertiary alicyclic amines) is 1. The summed E-state index contributed by atoms with van der Waals surface area (Å²) >= 11 is 0. The number of alkyl halides is 3. The lowest BCUT2D eigenvalue weighted by atomic mass is 10.1. The Morgan fingerprint density at radius 3 is 2.39 bits per heavy atom. The van der Waals surface area contributed by atoms with Crippen molar-refractivity contribution in [3.8, 4) is 0 Å². The maximum Gasteiger partial charge on any atom is 0.422 e. The molecule has 0 aromatic heterocycles. The highest BCUT2D eigenvalue weighted by Gasteiger charge is 2.29. The zero-order valence-corrected chi connectivity index (χ0v) is 10.8. The van der Waals surface area contributed by atoms with E-state index in [2.05, 4.69) is 15.0 Å². The van der Waals surface area contributed by atoms with E-state index >= 15 is 0 Å². The van der Waals surface area contributed by atoms with Crippen molar-refractivity contribution in [3.63, 3.8) is 0 Å². The van der Waals surface area contributed by atoms with Crippen LogP contribution < -0.4 is 5.32 Å². The van der Waals surface area contributed by atoms with Crippen LogP contribution in [0.15, 0.2) is 0 Å². The summed E-state index contributed by atoms with van der Waals surface area (Å²) in [7, 11) is 0. The van der Waals surface area contributed by atoms with Gasteiger partial charge in [0.1, 0.15) is 0 Å². The largest absolute Gasteiger partial charge is 0.440 e. The molecule has 1 rings (SSSR count). The van der Waals surface area contributed by atoms with Crippen LogP contribution in [0, 0.1) is 0 Å². The predicted octanol–water partition coefficient (Wildman–Crippen LogP) is 2.18. The van der Waals surface area contributed by atoms with Crippen molar-refractivity contribution < 1.29 is 22.7 Å². The molecule has 0 aliphatic carbocycles. The van der Waals surface area contributed by atoms with E-state index in [0.717, 1.165) is 25.9 Å². The van der Waals surface area contributed by atoms with Gasteiger partial charge in [-0.25, -0.2) is 4.79 Å². The minimum atomic E-state index is -4.47. The highest BCUT2D eigenvalue weighted by Crippen LogP contribution is 2.14. The molecule has 0 bridgehead atoms. The first-order valence-corrected chi connectivity index (χ1v) is 5.67. The first-order valence-electron chi connectivity index (χ1n) is 5.67. The molecule has 4 nitrogen and oxygen atoms in total. The number of nitrogens with zero attached hydrogens (tertiary/aromatic N) is 1. The number of amides is 1. The number of nitrogens with one attached hydrogen (secondary N) is 1. The smallest absolute Gasteiger partial charge is 0.422 e. The lowest BCUT2D eigenvalue weighted by Gasteiger charge is -2.26. The van der Waals surface area contributed by atoms with Gasteiger partial charge in [0.2, 0.25) is 0 Å². The standard InChI is InChI=1S/C10H17F3N2O2.ClH/c11-10(12,13)8-17-9(16)14-4-7-15-5-2-1-3-6-15;/h1-8H2,(H,14,16);1H. The summed E-state index contributed by atoms with van der Waals surface area (Å²) in [5.74, 6) is 0. The number of piperidine rings is 1. The molecular formula is C10H18ClF3N2O2. The summed E-state index contributed by atoms with van der Waals surface area (Å²) in [5, 5.41) is 2.30. The average Bonchev–Trinajstić information content (AvgIpc) is 2.27. The molecule has 0 atom stereocenters. The topological polar surface area (TPSA) is 41.6 Å². The third-order valence-corrected chi connectivity index (χ3v) is 2.51. The van der Waals surface area contributed by atoms with E-state index in [4.69, 9.17) is 0 Å². The Hall–Kier alpha value is -0.690. The van der Waals surface area contributed by atoms with Crippen LogP contribution in [0.2, 0.25) is 0 Å². The fourth-order valence-electron chi connectivity index (χ4n) is 1.70. The normalized spacial score (nSPS) is 16.8. The van der Waals surface area contributed by atoms with Crippen LogP contribution in [-0.2, 0) is 4.74 Å². The predicted molar refractivity (Wildman–Crippen MR) is 62.9 cm³/mol. The molecule has 1 aliphatic rings. The molecule has 18 heavy (non-hydrogen) atoms.